The van der Waals surface area contributed by atoms with E-state index in [9.17, 15) is 9.18 Å². The molecule has 0 radical (unpaired) electrons. The van der Waals surface area contributed by atoms with E-state index in [0.717, 1.165) is 28.1 Å². The number of hydrogen-bond acceptors (Lipinski definition) is 1. The molecular weight excluding hydrogens is 425 g/mol. The van der Waals surface area contributed by atoms with Crippen molar-refractivity contribution in [1.82, 2.24) is 9.47 Å². The first-order chi connectivity index (χ1) is 16.2. The van der Waals surface area contributed by atoms with E-state index in [-0.39, 0.29) is 11.8 Å². The molecule has 182 valence electrons. The zero-order valence-corrected chi connectivity index (χ0v) is 21.3. The topological polar surface area (TPSA) is 37.3 Å². The van der Waals surface area contributed by atoms with E-state index in [2.05, 4.69) is 69.6 Å². The molecule has 1 aromatic heterocycles. The number of halogens is 1. The summed E-state index contributed by atoms with van der Waals surface area (Å²) in [4.78, 5) is 15.5. The van der Waals surface area contributed by atoms with Crippen molar-refractivity contribution in [2.24, 2.45) is 5.92 Å². The second kappa shape index (κ2) is 11.4. The Morgan fingerprint density at radius 1 is 0.941 bits per heavy atom. The number of nitrogens with zero attached hydrogens (tertiary/aromatic N) is 2. The zero-order valence-electron chi connectivity index (χ0n) is 21.3. The van der Waals surface area contributed by atoms with Gasteiger partial charge in [0.25, 0.3) is 0 Å². The van der Waals surface area contributed by atoms with Gasteiger partial charge in [-0.3, -0.25) is 0 Å². The summed E-state index contributed by atoms with van der Waals surface area (Å²) in [6.07, 6.45) is 1.98. The summed E-state index contributed by atoms with van der Waals surface area (Å²) >= 11 is 0. The van der Waals surface area contributed by atoms with Gasteiger partial charge in [0.05, 0.1) is 6.54 Å². The Kier molecular flexibility index (Phi) is 8.54. The van der Waals surface area contributed by atoms with Gasteiger partial charge in [0.2, 0.25) is 0 Å². The van der Waals surface area contributed by atoms with Crippen molar-refractivity contribution in [2.45, 2.75) is 66.5 Å². The third-order valence-corrected chi connectivity index (χ3v) is 6.00. The standard InChI is InChI=1S/C29H38FN3O/c1-20(2)17-33(19-25-12-9-15-32(25)18-23-10-7-11-24(30)16-23)29(34)31-28-26(21(3)4)13-8-14-27(28)22(5)6/h7-16,20-22H,17-19H2,1-6H3,(H,31,34). The molecule has 0 saturated heterocycles. The van der Waals surface area contributed by atoms with Crippen LogP contribution < -0.4 is 5.32 Å². The molecule has 34 heavy (non-hydrogen) atoms. The summed E-state index contributed by atoms with van der Waals surface area (Å²) in [5, 5.41) is 3.26. The van der Waals surface area contributed by atoms with Crippen molar-refractivity contribution in [3.63, 3.8) is 0 Å². The van der Waals surface area contributed by atoms with E-state index in [1.54, 1.807) is 12.1 Å². The van der Waals surface area contributed by atoms with Crippen LogP contribution in [0.25, 0.3) is 0 Å². The first kappa shape index (κ1) is 25.5. The molecule has 0 atom stereocenters. The number of carbonyl (C=O) groups is 1. The van der Waals surface area contributed by atoms with Crippen LogP contribution in [0, 0.1) is 11.7 Å². The lowest BCUT2D eigenvalue weighted by Gasteiger charge is -2.28. The molecule has 0 saturated carbocycles. The fourth-order valence-corrected chi connectivity index (χ4v) is 4.32. The number of amides is 2. The van der Waals surface area contributed by atoms with Gasteiger partial charge in [-0.2, -0.15) is 0 Å². The maximum atomic E-state index is 13.7. The fourth-order valence-electron chi connectivity index (χ4n) is 4.32. The molecular formula is C29H38FN3O. The Morgan fingerprint density at radius 2 is 1.59 bits per heavy atom. The Balaban J connectivity index is 1.86. The first-order valence-corrected chi connectivity index (χ1v) is 12.2. The zero-order chi connectivity index (χ0) is 24.8. The summed E-state index contributed by atoms with van der Waals surface area (Å²) in [5.41, 5.74) is 5.14. The van der Waals surface area contributed by atoms with Crippen LogP contribution in [0.5, 0.6) is 0 Å². The molecule has 0 aliphatic carbocycles. The van der Waals surface area contributed by atoms with E-state index in [1.807, 2.05) is 29.3 Å². The van der Waals surface area contributed by atoms with Crippen LogP contribution in [-0.2, 0) is 13.1 Å². The predicted octanol–water partition coefficient (Wildman–Crippen LogP) is 7.61. The van der Waals surface area contributed by atoms with Gasteiger partial charge >= 0.3 is 6.03 Å². The van der Waals surface area contributed by atoms with Crippen LogP contribution in [0.4, 0.5) is 14.9 Å². The highest BCUT2D eigenvalue weighted by molar-refractivity contribution is 5.91. The molecule has 3 rings (SSSR count). The maximum Gasteiger partial charge on any atom is 0.322 e. The number of anilines is 1. The lowest BCUT2D eigenvalue weighted by atomic mass is 9.93. The van der Waals surface area contributed by atoms with Gasteiger partial charge < -0.3 is 14.8 Å². The number of carbonyl (C=O) groups excluding carboxylic acids is 1. The average molecular weight is 464 g/mol. The quantitative estimate of drug-likeness (QED) is 0.348. The van der Waals surface area contributed by atoms with Gasteiger partial charge in [-0.25, -0.2) is 9.18 Å². The number of benzene rings is 2. The third-order valence-electron chi connectivity index (χ3n) is 6.00. The molecule has 0 bridgehead atoms. The molecule has 3 aromatic rings. The summed E-state index contributed by atoms with van der Waals surface area (Å²) in [6, 6.07) is 16.8. The van der Waals surface area contributed by atoms with Crippen LogP contribution in [-0.4, -0.2) is 22.0 Å². The first-order valence-electron chi connectivity index (χ1n) is 12.2. The highest BCUT2D eigenvalue weighted by atomic mass is 19.1. The summed E-state index contributed by atoms with van der Waals surface area (Å²) in [7, 11) is 0. The molecule has 5 heteroatoms. The van der Waals surface area contributed by atoms with Crippen molar-refractivity contribution in [2.75, 3.05) is 11.9 Å². The van der Waals surface area contributed by atoms with Crippen LogP contribution in [0.2, 0.25) is 0 Å². The third kappa shape index (κ3) is 6.49. The maximum absolute atomic E-state index is 13.7. The molecule has 4 nitrogen and oxygen atoms in total. The molecule has 0 unspecified atom stereocenters. The van der Waals surface area contributed by atoms with Gasteiger partial charge in [0, 0.05) is 30.7 Å². The summed E-state index contributed by atoms with van der Waals surface area (Å²) < 4.78 is 15.8. The molecule has 1 heterocycles. The predicted molar refractivity (Wildman–Crippen MR) is 139 cm³/mol. The largest absolute Gasteiger partial charge is 0.345 e. The number of para-hydroxylation sites is 1. The molecule has 2 amide bonds. The van der Waals surface area contributed by atoms with Crippen LogP contribution >= 0.6 is 0 Å². The van der Waals surface area contributed by atoms with Gasteiger partial charge in [0.1, 0.15) is 5.82 Å². The van der Waals surface area contributed by atoms with Gasteiger partial charge in [-0.1, -0.05) is 71.9 Å². The van der Waals surface area contributed by atoms with E-state index in [0.29, 0.717) is 37.4 Å². The number of urea groups is 1. The Hall–Kier alpha value is -3.08. The molecule has 0 spiro atoms. The fraction of sp³-hybridized carbons (Fsp3) is 0.414. The Bertz CT molecular complexity index is 1070. The van der Waals surface area contributed by atoms with Crippen molar-refractivity contribution in [3.05, 3.63) is 89.0 Å². The molecule has 2 aromatic carbocycles. The second-order valence-corrected chi connectivity index (χ2v) is 10.1. The Morgan fingerprint density at radius 3 is 2.18 bits per heavy atom. The van der Waals surface area contributed by atoms with Gasteiger partial charge in [0.15, 0.2) is 0 Å². The molecule has 0 aliphatic heterocycles. The van der Waals surface area contributed by atoms with Crippen molar-refractivity contribution in [3.8, 4) is 0 Å². The molecule has 1 N–H and O–H groups in total. The van der Waals surface area contributed by atoms with Crippen molar-refractivity contribution >= 4 is 11.7 Å². The monoisotopic (exact) mass is 463 g/mol. The normalized spacial score (nSPS) is 11.5. The number of aromatic nitrogens is 1. The van der Waals surface area contributed by atoms with Crippen molar-refractivity contribution < 1.29 is 9.18 Å². The van der Waals surface area contributed by atoms with E-state index >= 15 is 0 Å². The lowest BCUT2D eigenvalue weighted by Crippen LogP contribution is -2.38. The number of nitrogens with one attached hydrogen (secondary N) is 1. The minimum absolute atomic E-state index is 0.0952. The van der Waals surface area contributed by atoms with E-state index in [4.69, 9.17) is 0 Å². The van der Waals surface area contributed by atoms with Crippen LogP contribution in [0.15, 0.2) is 60.8 Å². The van der Waals surface area contributed by atoms with Gasteiger partial charge in [-0.15, -0.1) is 0 Å². The van der Waals surface area contributed by atoms with Crippen LogP contribution in [0.3, 0.4) is 0 Å². The SMILES string of the molecule is CC(C)CN(Cc1cccn1Cc1cccc(F)c1)C(=O)Nc1c(C(C)C)cccc1C(C)C. The van der Waals surface area contributed by atoms with Crippen LogP contribution in [0.1, 0.15) is 75.8 Å². The minimum atomic E-state index is -0.239. The van der Waals surface area contributed by atoms with E-state index in [1.165, 1.54) is 6.07 Å². The average Bonchev–Trinajstić information content (AvgIpc) is 3.19. The smallest absolute Gasteiger partial charge is 0.322 e. The summed E-state index contributed by atoms with van der Waals surface area (Å²) in [5.74, 6) is 0.686. The van der Waals surface area contributed by atoms with Gasteiger partial charge in [-0.05, 0) is 58.7 Å². The summed E-state index contributed by atoms with van der Waals surface area (Å²) in [6.45, 7) is 14.5. The molecule has 0 aliphatic rings. The highest BCUT2D eigenvalue weighted by Crippen LogP contribution is 2.32. The molecule has 0 fully saturated rings. The lowest BCUT2D eigenvalue weighted by molar-refractivity contribution is 0.200. The number of rotatable bonds is 9. The second-order valence-electron chi connectivity index (χ2n) is 10.1. The van der Waals surface area contributed by atoms with E-state index < -0.39 is 0 Å². The minimum Gasteiger partial charge on any atom is -0.345 e. The highest BCUT2D eigenvalue weighted by Gasteiger charge is 2.21. The Labute approximate surface area is 203 Å². The van der Waals surface area contributed by atoms with Crippen molar-refractivity contribution in [1.29, 1.82) is 0 Å². The number of hydrogen-bond donors (Lipinski definition) is 1.